The van der Waals surface area contributed by atoms with Crippen LogP contribution in [0.4, 0.5) is 0 Å². The van der Waals surface area contributed by atoms with E-state index >= 15 is 0 Å². The van der Waals surface area contributed by atoms with Gasteiger partial charge in [0.1, 0.15) is 0 Å². The first-order valence-electron chi connectivity index (χ1n) is 7.68. The topological polar surface area (TPSA) is 58.9 Å². The first-order valence-corrected chi connectivity index (χ1v) is 7.68. The predicted molar refractivity (Wildman–Crippen MR) is 77.0 cm³/mol. The van der Waals surface area contributed by atoms with E-state index in [9.17, 15) is 0 Å². The third kappa shape index (κ3) is 2.46. The van der Waals surface area contributed by atoms with Crippen molar-refractivity contribution in [2.75, 3.05) is 13.1 Å². The fraction of sp³-hybridized carbons (Fsp3) is 0.929. The maximum atomic E-state index is 4.36. The highest BCUT2D eigenvalue weighted by molar-refractivity contribution is 5.08. The Morgan fingerprint density at radius 1 is 1.35 bits per heavy atom. The second-order valence-electron chi connectivity index (χ2n) is 6.95. The highest BCUT2D eigenvalue weighted by atomic mass is 15.6. The zero-order valence-corrected chi connectivity index (χ0v) is 13.1. The summed E-state index contributed by atoms with van der Waals surface area (Å²) < 4.78 is 0. The molecule has 6 heteroatoms. The summed E-state index contributed by atoms with van der Waals surface area (Å²) in [6.45, 7) is 9.88. The average Bonchev–Trinajstić information content (AvgIpc) is 3.20. The van der Waals surface area contributed by atoms with E-state index in [2.05, 4.69) is 46.4 Å². The van der Waals surface area contributed by atoms with Crippen LogP contribution >= 0.6 is 0 Å². The van der Waals surface area contributed by atoms with Gasteiger partial charge in [-0.05, 0) is 44.2 Å². The van der Waals surface area contributed by atoms with Crippen molar-refractivity contribution in [2.45, 2.75) is 57.7 Å². The Kier molecular flexibility index (Phi) is 3.33. The minimum absolute atomic E-state index is 0.191. The first kappa shape index (κ1) is 13.9. The van der Waals surface area contributed by atoms with E-state index in [1.54, 1.807) is 4.80 Å². The quantitative estimate of drug-likeness (QED) is 0.889. The Balaban J connectivity index is 1.81. The lowest BCUT2D eigenvalue weighted by molar-refractivity contribution is -0.00315. The molecule has 1 aromatic rings. The maximum Gasteiger partial charge on any atom is 0.188 e. The van der Waals surface area contributed by atoms with Gasteiger partial charge in [0.25, 0.3) is 0 Å². The van der Waals surface area contributed by atoms with Crippen LogP contribution in [0.15, 0.2) is 0 Å². The van der Waals surface area contributed by atoms with Gasteiger partial charge >= 0.3 is 0 Å². The summed E-state index contributed by atoms with van der Waals surface area (Å²) in [6.07, 6.45) is 3.84. The molecule has 1 aliphatic carbocycles. The molecule has 20 heavy (non-hydrogen) atoms. The molecule has 1 aliphatic heterocycles. The highest BCUT2D eigenvalue weighted by Gasteiger charge is 2.50. The van der Waals surface area contributed by atoms with E-state index in [-0.39, 0.29) is 11.1 Å². The summed E-state index contributed by atoms with van der Waals surface area (Å²) in [7, 11) is 1.82. The first-order chi connectivity index (χ1) is 9.45. The van der Waals surface area contributed by atoms with E-state index in [1.165, 1.54) is 12.8 Å². The number of hydrogen-bond acceptors (Lipinski definition) is 5. The number of rotatable bonds is 4. The van der Waals surface area contributed by atoms with Crippen molar-refractivity contribution in [3.63, 3.8) is 0 Å². The van der Waals surface area contributed by atoms with Gasteiger partial charge in [-0.15, -0.1) is 10.2 Å². The molecule has 2 atom stereocenters. The lowest BCUT2D eigenvalue weighted by Crippen LogP contribution is -2.68. The molecule has 0 amide bonds. The van der Waals surface area contributed by atoms with Crippen LogP contribution in [0.2, 0.25) is 0 Å². The van der Waals surface area contributed by atoms with Gasteiger partial charge in [0.15, 0.2) is 5.82 Å². The van der Waals surface area contributed by atoms with Crippen molar-refractivity contribution in [3.05, 3.63) is 5.82 Å². The zero-order chi connectivity index (χ0) is 14.4. The maximum absolute atomic E-state index is 4.36. The number of nitrogens with zero attached hydrogens (tertiary/aromatic N) is 5. The van der Waals surface area contributed by atoms with Crippen LogP contribution in [-0.2, 0) is 13.6 Å². The van der Waals surface area contributed by atoms with Gasteiger partial charge in [-0.25, -0.2) is 0 Å². The summed E-state index contributed by atoms with van der Waals surface area (Å²) in [4.78, 5) is 4.13. The molecule has 6 nitrogen and oxygen atoms in total. The smallest absolute Gasteiger partial charge is 0.188 e. The molecular weight excluding hydrogens is 252 g/mol. The molecule has 1 saturated carbocycles. The summed E-state index contributed by atoms with van der Waals surface area (Å²) in [5, 5.41) is 16.3. The summed E-state index contributed by atoms with van der Waals surface area (Å²) in [5.74, 6) is 1.65. The van der Waals surface area contributed by atoms with Crippen LogP contribution < -0.4 is 5.32 Å². The van der Waals surface area contributed by atoms with E-state index in [0.29, 0.717) is 0 Å². The number of aromatic nitrogens is 4. The zero-order valence-electron chi connectivity index (χ0n) is 13.1. The minimum Gasteiger partial charge on any atom is -0.308 e. The predicted octanol–water partition coefficient (Wildman–Crippen LogP) is 0.953. The van der Waals surface area contributed by atoms with Crippen molar-refractivity contribution >= 4 is 0 Å². The largest absolute Gasteiger partial charge is 0.308 e. The lowest BCUT2D eigenvalue weighted by Gasteiger charge is -2.52. The molecular formula is C14H26N6. The van der Waals surface area contributed by atoms with Crippen molar-refractivity contribution in [1.82, 2.24) is 30.4 Å². The molecule has 2 heterocycles. The van der Waals surface area contributed by atoms with Crippen molar-refractivity contribution in [2.24, 2.45) is 13.0 Å². The SMILES string of the molecule is CCC1(C)CN(Cc2nnn(C)n2)C(C)(C2CC2)CN1. The van der Waals surface area contributed by atoms with Gasteiger partial charge in [0.2, 0.25) is 0 Å². The summed E-state index contributed by atoms with van der Waals surface area (Å²) in [5.41, 5.74) is 0.421. The molecule has 2 aliphatic rings. The fourth-order valence-electron chi connectivity index (χ4n) is 3.30. The van der Waals surface area contributed by atoms with Gasteiger partial charge in [-0.3, -0.25) is 4.90 Å². The Morgan fingerprint density at radius 2 is 2.10 bits per heavy atom. The molecule has 1 aromatic heterocycles. The average molecular weight is 278 g/mol. The van der Waals surface area contributed by atoms with Gasteiger partial charge < -0.3 is 5.32 Å². The van der Waals surface area contributed by atoms with E-state index in [0.717, 1.165) is 37.8 Å². The van der Waals surface area contributed by atoms with E-state index in [4.69, 9.17) is 0 Å². The Hall–Kier alpha value is -1.01. The third-order valence-electron chi connectivity index (χ3n) is 5.25. The molecule has 2 fully saturated rings. The van der Waals surface area contributed by atoms with Crippen LogP contribution in [0.3, 0.4) is 0 Å². The van der Waals surface area contributed by atoms with Crippen LogP contribution in [-0.4, -0.2) is 49.3 Å². The fourth-order valence-corrected chi connectivity index (χ4v) is 3.30. The van der Waals surface area contributed by atoms with Crippen molar-refractivity contribution < 1.29 is 0 Å². The molecule has 0 aromatic carbocycles. The molecule has 0 bridgehead atoms. The number of nitrogens with one attached hydrogen (secondary N) is 1. The monoisotopic (exact) mass is 278 g/mol. The number of tetrazole rings is 1. The second-order valence-corrected chi connectivity index (χ2v) is 6.95. The molecule has 0 radical (unpaired) electrons. The molecule has 2 unspecified atom stereocenters. The highest BCUT2D eigenvalue weighted by Crippen LogP contribution is 2.45. The Morgan fingerprint density at radius 3 is 2.65 bits per heavy atom. The number of piperazine rings is 1. The summed E-state index contributed by atoms with van der Waals surface area (Å²) in [6, 6.07) is 0. The van der Waals surface area contributed by atoms with Gasteiger partial charge in [0.05, 0.1) is 13.6 Å². The van der Waals surface area contributed by atoms with Gasteiger partial charge in [-0.1, -0.05) is 6.92 Å². The summed E-state index contributed by atoms with van der Waals surface area (Å²) >= 11 is 0. The lowest BCUT2D eigenvalue weighted by atomic mass is 9.84. The van der Waals surface area contributed by atoms with Crippen molar-refractivity contribution in [3.8, 4) is 0 Å². The number of aryl methyl sites for hydroxylation is 1. The molecule has 1 saturated heterocycles. The van der Waals surface area contributed by atoms with Gasteiger partial charge in [-0.2, -0.15) is 4.80 Å². The Labute approximate surface area is 120 Å². The van der Waals surface area contributed by atoms with E-state index < -0.39 is 0 Å². The van der Waals surface area contributed by atoms with E-state index in [1.807, 2.05) is 7.05 Å². The minimum atomic E-state index is 0.191. The number of hydrogen-bond donors (Lipinski definition) is 1. The van der Waals surface area contributed by atoms with Crippen LogP contribution in [0, 0.1) is 5.92 Å². The van der Waals surface area contributed by atoms with Crippen LogP contribution in [0.1, 0.15) is 45.9 Å². The molecule has 112 valence electrons. The molecule has 0 spiro atoms. The standard InChI is InChI=1S/C14H26N6/c1-5-13(2)10-20(8-12-16-18-19(4)17-12)14(3,9-15-13)11-6-7-11/h11,15H,5-10H2,1-4H3. The van der Waals surface area contributed by atoms with Gasteiger partial charge in [0, 0.05) is 24.2 Å². The van der Waals surface area contributed by atoms with Crippen LogP contribution in [0.25, 0.3) is 0 Å². The Bertz CT molecular complexity index is 482. The normalized spacial score (nSPS) is 35.4. The molecule has 1 N–H and O–H groups in total. The molecule has 3 rings (SSSR count). The van der Waals surface area contributed by atoms with Crippen LogP contribution in [0.5, 0.6) is 0 Å². The second kappa shape index (κ2) is 4.77. The third-order valence-corrected chi connectivity index (χ3v) is 5.25. The van der Waals surface area contributed by atoms with Crippen molar-refractivity contribution in [1.29, 1.82) is 0 Å².